The highest BCUT2D eigenvalue weighted by Gasteiger charge is 2.02. The maximum atomic E-state index is 5.98. The van der Waals surface area contributed by atoms with Gasteiger partial charge < -0.3 is 10.5 Å². The first-order chi connectivity index (χ1) is 10.1. The number of thioether (sulfide) groups is 1. The Morgan fingerprint density at radius 2 is 1.95 bits per heavy atom. The molecule has 2 aromatic carbocycles. The summed E-state index contributed by atoms with van der Waals surface area (Å²) in [4.78, 5) is 1.13. The minimum Gasteiger partial charge on any atom is -0.493 e. The van der Waals surface area contributed by atoms with Gasteiger partial charge in [-0.05, 0) is 55.7 Å². The molecule has 0 aliphatic carbocycles. The lowest BCUT2D eigenvalue weighted by Gasteiger charge is -2.10. The number of anilines is 1. The Hall–Kier alpha value is -1.13. The van der Waals surface area contributed by atoms with E-state index >= 15 is 0 Å². The number of halogens is 1. The zero-order chi connectivity index (χ0) is 15.2. The standard InChI is InChI=1S/C17H20BrNOS/c1-12-4-5-13(2)16(10-12)20-8-3-9-21-17-7-6-14(18)11-15(17)19/h4-7,10-11H,3,8-9,19H2,1-2H3. The van der Waals surface area contributed by atoms with E-state index < -0.39 is 0 Å². The molecule has 0 heterocycles. The molecule has 0 spiro atoms. The lowest BCUT2D eigenvalue weighted by molar-refractivity contribution is 0.316. The van der Waals surface area contributed by atoms with Gasteiger partial charge in [-0.25, -0.2) is 0 Å². The van der Waals surface area contributed by atoms with Gasteiger partial charge in [-0.3, -0.25) is 0 Å². The summed E-state index contributed by atoms with van der Waals surface area (Å²) in [6.07, 6.45) is 0.994. The maximum absolute atomic E-state index is 5.98. The third-order valence-electron chi connectivity index (χ3n) is 3.12. The van der Waals surface area contributed by atoms with Crippen molar-refractivity contribution in [3.63, 3.8) is 0 Å². The van der Waals surface area contributed by atoms with Gasteiger partial charge in [0.25, 0.3) is 0 Å². The molecule has 0 atom stereocenters. The summed E-state index contributed by atoms with van der Waals surface area (Å²) < 4.78 is 6.87. The third kappa shape index (κ3) is 4.97. The molecule has 112 valence electrons. The molecular weight excluding hydrogens is 346 g/mol. The smallest absolute Gasteiger partial charge is 0.122 e. The van der Waals surface area contributed by atoms with E-state index in [4.69, 9.17) is 10.5 Å². The summed E-state index contributed by atoms with van der Waals surface area (Å²) in [5, 5.41) is 0. The quantitative estimate of drug-likeness (QED) is 0.433. The van der Waals surface area contributed by atoms with Crippen LogP contribution in [0.15, 0.2) is 45.8 Å². The minimum absolute atomic E-state index is 0.730. The number of aryl methyl sites for hydroxylation is 2. The van der Waals surface area contributed by atoms with Crippen LogP contribution in [0.2, 0.25) is 0 Å². The molecule has 2 nitrogen and oxygen atoms in total. The molecule has 0 saturated carbocycles. The molecule has 0 saturated heterocycles. The summed E-state index contributed by atoms with van der Waals surface area (Å²) in [6, 6.07) is 12.3. The van der Waals surface area contributed by atoms with Crippen molar-refractivity contribution in [1.82, 2.24) is 0 Å². The minimum atomic E-state index is 0.730. The number of benzene rings is 2. The van der Waals surface area contributed by atoms with Crippen molar-refractivity contribution in [2.75, 3.05) is 18.1 Å². The van der Waals surface area contributed by atoms with Gasteiger partial charge in [0.1, 0.15) is 5.75 Å². The van der Waals surface area contributed by atoms with E-state index in [0.29, 0.717) is 0 Å². The van der Waals surface area contributed by atoms with Gasteiger partial charge in [-0.1, -0.05) is 28.1 Å². The van der Waals surface area contributed by atoms with Gasteiger partial charge in [0, 0.05) is 20.8 Å². The lowest BCUT2D eigenvalue weighted by atomic mass is 10.1. The second-order valence-electron chi connectivity index (χ2n) is 5.00. The van der Waals surface area contributed by atoms with E-state index in [2.05, 4.69) is 54.0 Å². The predicted molar refractivity (Wildman–Crippen MR) is 95.3 cm³/mol. The highest BCUT2D eigenvalue weighted by molar-refractivity contribution is 9.10. The summed E-state index contributed by atoms with van der Waals surface area (Å²) in [6.45, 7) is 4.89. The predicted octanol–water partition coefficient (Wildman–Crippen LogP) is 5.21. The lowest BCUT2D eigenvalue weighted by Crippen LogP contribution is -2.00. The van der Waals surface area contributed by atoms with Crippen molar-refractivity contribution >= 4 is 33.4 Å². The van der Waals surface area contributed by atoms with E-state index in [1.54, 1.807) is 11.8 Å². The van der Waals surface area contributed by atoms with Crippen LogP contribution in [0, 0.1) is 13.8 Å². The summed E-state index contributed by atoms with van der Waals surface area (Å²) >= 11 is 5.19. The number of ether oxygens (including phenoxy) is 1. The highest BCUT2D eigenvalue weighted by Crippen LogP contribution is 2.28. The van der Waals surface area contributed by atoms with E-state index in [1.165, 1.54) is 11.1 Å². The van der Waals surface area contributed by atoms with Crippen LogP contribution in [-0.4, -0.2) is 12.4 Å². The van der Waals surface area contributed by atoms with Crippen molar-refractivity contribution in [3.05, 3.63) is 52.0 Å². The zero-order valence-electron chi connectivity index (χ0n) is 12.4. The molecule has 0 fully saturated rings. The van der Waals surface area contributed by atoms with Gasteiger partial charge in [-0.15, -0.1) is 11.8 Å². The van der Waals surface area contributed by atoms with Crippen LogP contribution in [0.5, 0.6) is 5.75 Å². The van der Waals surface area contributed by atoms with Gasteiger partial charge in [0.15, 0.2) is 0 Å². The molecule has 0 bridgehead atoms. The summed E-state index contributed by atoms with van der Waals surface area (Å²) in [5.74, 6) is 1.99. The fraction of sp³-hybridized carbons (Fsp3) is 0.294. The van der Waals surface area contributed by atoms with E-state index in [0.717, 1.165) is 39.6 Å². The van der Waals surface area contributed by atoms with Gasteiger partial charge >= 0.3 is 0 Å². The molecule has 21 heavy (non-hydrogen) atoms. The Labute approximate surface area is 139 Å². The topological polar surface area (TPSA) is 35.2 Å². The average Bonchev–Trinajstić information content (AvgIpc) is 2.44. The number of rotatable bonds is 6. The summed E-state index contributed by atoms with van der Waals surface area (Å²) in [5.41, 5.74) is 9.22. The van der Waals surface area contributed by atoms with Crippen molar-refractivity contribution in [2.45, 2.75) is 25.2 Å². The first-order valence-corrected chi connectivity index (χ1v) is 8.72. The normalized spacial score (nSPS) is 10.6. The largest absolute Gasteiger partial charge is 0.493 e. The number of hydrogen-bond donors (Lipinski definition) is 1. The molecule has 4 heteroatoms. The molecule has 2 rings (SSSR count). The van der Waals surface area contributed by atoms with Crippen LogP contribution in [0.4, 0.5) is 5.69 Å². The average molecular weight is 366 g/mol. The zero-order valence-corrected chi connectivity index (χ0v) is 14.8. The summed E-state index contributed by atoms with van der Waals surface area (Å²) in [7, 11) is 0. The molecule has 0 aliphatic rings. The van der Waals surface area contributed by atoms with Crippen LogP contribution in [0.25, 0.3) is 0 Å². The number of hydrogen-bond acceptors (Lipinski definition) is 3. The fourth-order valence-corrected chi connectivity index (χ4v) is 3.19. The van der Waals surface area contributed by atoms with Crippen LogP contribution >= 0.6 is 27.7 Å². The Balaban J connectivity index is 1.76. The first-order valence-electron chi connectivity index (χ1n) is 6.94. The Kier molecular flexibility index (Phi) is 6.00. The second-order valence-corrected chi connectivity index (χ2v) is 7.05. The molecule has 2 aromatic rings. The van der Waals surface area contributed by atoms with Crippen LogP contribution in [0.3, 0.4) is 0 Å². The SMILES string of the molecule is Cc1ccc(C)c(OCCCSc2ccc(Br)cc2N)c1. The van der Waals surface area contributed by atoms with Crippen molar-refractivity contribution in [3.8, 4) is 5.75 Å². The number of nitrogens with two attached hydrogens (primary N) is 1. The Bertz CT molecular complexity index is 616. The molecule has 0 radical (unpaired) electrons. The van der Waals surface area contributed by atoms with E-state index in [9.17, 15) is 0 Å². The van der Waals surface area contributed by atoms with Crippen molar-refractivity contribution in [2.24, 2.45) is 0 Å². The molecular formula is C17H20BrNOS. The monoisotopic (exact) mass is 365 g/mol. The number of nitrogen functional groups attached to an aromatic ring is 1. The Morgan fingerprint density at radius 1 is 1.14 bits per heavy atom. The van der Waals surface area contributed by atoms with E-state index in [1.807, 2.05) is 12.1 Å². The van der Waals surface area contributed by atoms with Crippen LogP contribution in [-0.2, 0) is 0 Å². The third-order valence-corrected chi connectivity index (χ3v) is 4.79. The fourth-order valence-electron chi connectivity index (χ4n) is 1.94. The molecule has 0 aliphatic heterocycles. The van der Waals surface area contributed by atoms with Gasteiger partial charge in [0.2, 0.25) is 0 Å². The van der Waals surface area contributed by atoms with Gasteiger partial charge in [-0.2, -0.15) is 0 Å². The van der Waals surface area contributed by atoms with Gasteiger partial charge in [0.05, 0.1) is 6.61 Å². The Morgan fingerprint density at radius 3 is 2.71 bits per heavy atom. The molecule has 0 unspecified atom stereocenters. The van der Waals surface area contributed by atoms with Crippen molar-refractivity contribution in [1.29, 1.82) is 0 Å². The molecule has 0 aromatic heterocycles. The maximum Gasteiger partial charge on any atom is 0.122 e. The first kappa shape index (κ1) is 16.2. The van der Waals surface area contributed by atoms with Crippen LogP contribution < -0.4 is 10.5 Å². The highest BCUT2D eigenvalue weighted by atomic mass is 79.9. The van der Waals surface area contributed by atoms with E-state index in [-0.39, 0.29) is 0 Å². The molecule has 0 amide bonds. The van der Waals surface area contributed by atoms with Crippen molar-refractivity contribution < 1.29 is 4.74 Å². The second kappa shape index (κ2) is 7.76. The van der Waals surface area contributed by atoms with Crippen LogP contribution in [0.1, 0.15) is 17.5 Å². The molecule has 2 N–H and O–H groups in total.